The number of aliphatic hydroxyl groups excluding tert-OH is 1. The summed E-state index contributed by atoms with van der Waals surface area (Å²) in [6.45, 7) is 5.65. The highest BCUT2D eigenvalue weighted by atomic mass is 32.2. The first-order valence-electron chi connectivity index (χ1n) is 6.72. The molecule has 0 spiro atoms. The number of aliphatic hydroxyl groups is 1. The molecule has 0 aromatic rings. The van der Waals surface area contributed by atoms with Gasteiger partial charge in [0, 0.05) is 5.54 Å². The SMILES string of the molecule is CCCSCCC1CCCC1(CO)NCC. The minimum atomic E-state index is 0.0432. The van der Waals surface area contributed by atoms with Crippen molar-refractivity contribution in [2.24, 2.45) is 5.92 Å². The van der Waals surface area contributed by atoms with Gasteiger partial charge in [-0.05, 0) is 49.7 Å². The van der Waals surface area contributed by atoms with Gasteiger partial charge in [-0.25, -0.2) is 0 Å². The molecule has 3 heteroatoms. The number of nitrogens with one attached hydrogen (secondary N) is 1. The van der Waals surface area contributed by atoms with E-state index in [1.807, 2.05) is 0 Å². The Kier molecular flexibility index (Phi) is 6.78. The van der Waals surface area contributed by atoms with Crippen LogP contribution in [-0.2, 0) is 0 Å². The van der Waals surface area contributed by atoms with Crippen LogP contribution in [0, 0.1) is 5.92 Å². The molecule has 0 aromatic heterocycles. The van der Waals surface area contributed by atoms with Crippen LogP contribution in [0.2, 0.25) is 0 Å². The molecule has 2 nitrogen and oxygen atoms in total. The van der Waals surface area contributed by atoms with Crippen molar-refractivity contribution in [3.8, 4) is 0 Å². The van der Waals surface area contributed by atoms with Crippen LogP contribution in [0.3, 0.4) is 0 Å². The van der Waals surface area contributed by atoms with Crippen molar-refractivity contribution >= 4 is 11.8 Å². The molecule has 1 aliphatic rings. The van der Waals surface area contributed by atoms with E-state index in [1.54, 1.807) is 0 Å². The van der Waals surface area contributed by atoms with Gasteiger partial charge in [-0.15, -0.1) is 0 Å². The topological polar surface area (TPSA) is 32.3 Å². The summed E-state index contributed by atoms with van der Waals surface area (Å²) < 4.78 is 0. The van der Waals surface area contributed by atoms with E-state index in [9.17, 15) is 5.11 Å². The Hall–Kier alpha value is 0.270. The lowest BCUT2D eigenvalue weighted by atomic mass is 9.86. The Labute approximate surface area is 105 Å². The summed E-state index contributed by atoms with van der Waals surface area (Å²) in [5, 5.41) is 13.2. The van der Waals surface area contributed by atoms with Crippen molar-refractivity contribution < 1.29 is 5.11 Å². The average molecular weight is 245 g/mol. The molecule has 1 saturated carbocycles. The fourth-order valence-corrected chi connectivity index (χ4v) is 3.83. The second-order valence-electron chi connectivity index (χ2n) is 4.83. The first kappa shape index (κ1) is 14.3. The summed E-state index contributed by atoms with van der Waals surface area (Å²) in [4.78, 5) is 0. The van der Waals surface area contributed by atoms with Gasteiger partial charge in [0.15, 0.2) is 0 Å². The van der Waals surface area contributed by atoms with Crippen molar-refractivity contribution in [1.29, 1.82) is 0 Å². The van der Waals surface area contributed by atoms with E-state index in [2.05, 4.69) is 30.9 Å². The van der Waals surface area contributed by atoms with Gasteiger partial charge in [0.25, 0.3) is 0 Å². The summed E-state index contributed by atoms with van der Waals surface area (Å²) in [6, 6.07) is 0. The first-order valence-corrected chi connectivity index (χ1v) is 7.88. The van der Waals surface area contributed by atoms with E-state index in [0.717, 1.165) is 13.0 Å². The average Bonchev–Trinajstić information content (AvgIpc) is 2.69. The van der Waals surface area contributed by atoms with Gasteiger partial charge in [-0.3, -0.25) is 0 Å². The molecule has 2 atom stereocenters. The molecule has 0 aliphatic heterocycles. The second kappa shape index (κ2) is 7.57. The summed E-state index contributed by atoms with van der Waals surface area (Å²) in [5.74, 6) is 3.22. The molecule has 0 bridgehead atoms. The molecule has 1 aliphatic carbocycles. The van der Waals surface area contributed by atoms with Crippen molar-refractivity contribution in [2.45, 2.75) is 51.5 Å². The lowest BCUT2D eigenvalue weighted by Gasteiger charge is -2.35. The number of thioether (sulfide) groups is 1. The van der Waals surface area contributed by atoms with E-state index in [-0.39, 0.29) is 5.54 Å². The smallest absolute Gasteiger partial charge is 0.0616 e. The van der Waals surface area contributed by atoms with Crippen LogP contribution in [-0.4, -0.2) is 35.3 Å². The van der Waals surface area contributed by atoms with E-state index >= 15 is 0 Å². The molecule has 0 amide bonds. The molecule has 0 aromatic carbocycles. The molecule has 1 rings (SSSR count). The zero-order chi connectivity index (χ0) is 11.9. The Morgan fingerprint density at radius 3 is 2.81 bits per heavy atom. The Balaban J connectivity index is 2.37. The van der Waals surface area contributed by atoms with E-state index in [0.29, 0.717) is 12.5 Å². The summed E-state index contributed by atoms with van der Waals surface area (Å²) in [5.41, 5.74) is 0.0432. The van der Waals surface area contributed by atoms with Crippen LogP contribution in [0.1, 0.15) is 46.0 Å². The van der Waals surface area contributed by atoms with Gasteiger partial charge < -0.3 is 10.4 Å². The molecule has 0 heterocycles. The van der Waals surface area contributed by atoms with Crippen molar-refractivity contribution in [2.75, 3.05) is 24.7 Å². The van der Waals surface area contributed by atoms with Crippen LogP contribution >= 0.6 is 11.8 Å². The molecule has 96 valence electrons. The zero-order valence-electron chi connectivity index (χ0n) is 10.8. The monoisotopic (exact) mass is 245 g/mol. The van der Waals surface area contributed by atoms with Gasteiger partial charge in [-0.2, -0.15) is 11.8 Å². The predicted molar refractivity (Wildman–Crippen MR) is 73.1 cm³/mol. The summed E-state index contributed by atoms with van der Waals surface area (Å²) in [7, 11) is 0. The maximum Gasteiger partial charge on any atom is 0.0616 e. The number of hydrogen-bond acceptors (Lipinski definition) is 3. The van der Waals surface area contributed by atoms with Crippen molar-refractivity contribution in [3.05, 3.63) is 0 Å². The molecule has 2 unspecified atom stereocenters. The third-order valence-electron chi connectivity index (χ3n) is 3.73. The predicted octanol–water partition coefficient (Wildman–Crippen LogP) is 2.66. The maximum absolute atomic E-state index is 9.65. The molecule has 2 N–H and O–H groups in total. The van der Waals surface area contributed by atoms with Crippen LogP contribution in [0.25, 0.3) is 0 Å². The fourth-order valence-electron chi connectivity index (χ4n) is 2.89. The van der Waals surface area contributed by atoms with Crippen LogP contribution in [0.15, 0.2) is 0 Å². The minimum Gasteiger partial charge on any atom is -0.394 e. The Bertz CT molecular complexity index is 189. The molecule has 0 saturated heterocycles. The highest BCUT2D eigenvalue weighted by molar-refractivity contribution is 7.99. The van der Waals surface area contributed by atoms with E-state index < -0.39 is 0 Å². The number of likely N-dealkylation sites (N-methyl/N-ethyl adjacent to an activating group) is 1. The van der Waals surface area contributed by atoms with Gasteiger partial charge in [0.2, 0.25) is 0 Å². The van der Waals surface area contributed by atoms with Crippen molar-refractivity contribution in [3.63, 3.8) is 0 Å². The first-order chi connectivity index (χ1) is 7.79. The summed E-state index contributed by atoms with van der Waals surface area (Å²) >= 11 is 2.06. The molecule has 16 heavy (non-hydrogen) atoms. The molecule has 1 fully saturated rings. The van der Waals surface area contributed by atoms with Gasteiger partial charge in [0.1, 0.15) is 0 Å². The molecular formula is C13H27NOS. The third kappa shape index (κ3) is 3.64. The Morgan fingerprint density at radius 2 is 2.19 bits per heavy atom. The number of hydrogen-bond donors (Lipinski definition) is 2. The normalized spacial score (nSPS) is 29.8. The lowest BCUT2D eigenvalue weighted by molar-refractivity contribution is 0.124. The lowest BCUT2D eigenvalue weighted by Crippen LogP contribution is -2.51. The third-order valence-corrected chi connectivity index (χ3v) is 4.95. The Morgan fingerprint density at radius 1 is 1.38 bits per heavy atom. The second-order valence-corrected chi connectivity index (χ2v) is 6.06. The molecule has 0 radical (unpaired) electrons. The number of rotatable bonds is 8. The van der Waals surface area contributed by atoms with Crippen molar-refractivity contribution in [1.82, 2.24) is 5.32 Å². The highest BCUT2D eigenvalue weighted by Crippen LogP contribution is 2.38. The molecular weight excluding hydrogens is 218 g/mol. The quantitative estimate of drug-likeness (QED) is 0.645. The van der Waals surface area contributed by atoms with Crippen LogP contribution in [0.5, 0.6) is 0 Å². The largest absolute Gasteiger partial charge is 0.394 e. The zero-order valence-corrected chi connectivity index (χ0v) is 11.6. The standard InChI is InChI=1S/C13H27NOS/c1-3-9-16-10-7-12-6-5-8-13(12,11-15)14-4-2/h12,14-15H,3-11H2,1-2H3. The maximum atomic E-state index is 9.65. The van der Waals surface area contributed by atoms with E-state index in [4.69, 9.17) is 0 Å². The fraction of sp³-hybridized carbons (Fsp3) is 1.00. The van der Waals surface area contributed by atoms with Gasteiger partial charge >= 0.3 is 0 Å². The van der Waals surface area contributed by atoms with E-state index in [1.165, 1.54) is 37.2 Å². The summed E-state index contributed by atoms with van der Waals surface area (Å²) in [6.07, 6.45) is 6.25. The minimum absolute atomic E-state index is 0.0432. The highest BCUT2D eigenvalue weighted by Gasteiger charge is 2.40. The van der Waals surface area contributed by atoms with Gasteiger partial charge in [0.05, 0.1) is 6.61 Å². The van der Waals surface area contributed by atoms with Crippen LogP contribution in [0.4, 0.5) is 0 Å². The van der Waals surface area contributed by atoms with Crippen LogP contribution < -0.4 is 5.32 Å². The van der Waals surface area contributed by atoms with Gasteiger partial charge in [-0.1, -0.05) is 20.3 Å².